The van der Waals surface area contributed by atoms with Gasteiger partial charge in [-0.25, -0.2) is 4.79 Å². The standard InChI is InChI=1S/C9H11F3O5/c1-3-15-7(14)8(9(10,11)12)4-6(17-8)16-5(2)13/h6H,3-4H2,1-2H3. The van der Waals surface area contributed by atoms with Gasteiger partial charge in [0.25, 0.3) is 5.60 Å². The first-order chi connectivity index (χ1) is 7.73. The fourth-order valence-electron chi connectivity index (χ4n) is 1.38. The number of carbonyl (C=O) groups excluding carboxylic acids is 2. The van der Waals surface area contributed by atoms with Crippen LogP contribution in [0.2, 0.25) is 0 Å². The average Bonchev–Trinajstić information content (AvgIpc) is 2.07. The van der Waals surface area contributed by atoms with E-state index in [1.165, 1.54) is 6.92 Å². The predicted octanol–water partition coefficient (Wildman–Crippen LogP) is 1.16. The fourth-order valence-corrected chi connectivity index (χ4v) is 1.38. The van der Waals surface area contributed by atoms with Crippen molar-refractivity contribution < 1.29 is 37.0 Å². The highest BCUT2D eigenvalue weighted by Gasteiger charge is 2.71. The van der Waals surface area contributed by atoms with Gasteiger partial charge >= 0.3 is 18.1 Å². The Morgan fingerprint density at radius 1 is 1.47 bits per heavy atom. The zero-order chi connectivity index (χ0) is 13.3. The summed E-state index contributed by atoms with van der Waals surface area (Å²) in [7, 11) is 0. The third-order valence-corrected chi connectivity index (χ3v) is 2.15. The molecule has 1 aliphatic rings. The lowest BCUT2D eigenvalue weighted by Crippen LogP contribution is -2.66. The van der Waals surface area contributed by atoms with E-state index in [9.17, 15) is 22.8 Å². The summed E-state index contributed by atoms with van der Waals surface area (Å²) in [6.07, 6.45) is -7.05. The van der Waals surface area contributed by atoms with Gasteiger partial charge in [0.15, 0.2) is 0 Å². The molecular formula is C9H11F3O5. The highest BCUT2D eigenvalue weighted by molar-refractivity contribution is 5.82. The van der Waals surface area contributed by atoms with Crippen LogP contribution in [-0.2, 0) is 23.8 Å². The van der Waals surface area contributed by atoms with Crippen LogP contribution in [0.15, 0.2) is 0 Å². The molecule has 0 saturated carbocycles. The van der Waals surface area contributed by atoms with Crippen molar-refractivity contribution >= 4 is 11.9 Å². The summed E-state index contributed by atoms with van der Waals surface area (Å²) in [5.41, 5.74) is -3.01. The minimum atomic E-state index is -4.91. The van der Waals surface area contributed by atoms with Crippen LogP contribution < -0.4 is 0 Å². The van der Waals surface area contributed by atoms with Gasteiger partial charge in [0, 0.05) is 6.92 Å². The van der Waals surface area contributed by atoms with Crippen molar-refractivity contribution in [3.05, 3.63) is 0 Å². The third kappa shape index (κ3) is 2.51. The monoisotopic (exact) mass is 256 g/mol. The lowest BCUT2D eigenvalue weighted by molar-refractivity contribution is -0.379. The SMILES string of the molecule is CCOC(=O)C1(C(F)(F)F)CC(OC(C)=O)O1. The van der Waals surface area contributed by atoms with Gasteiger partial charge in [0.1, 0.15) is 0 Å². The van der Waals surface area contributed by atoms with Gasteiger partial charge in [0.2, 0.25) is 6.29 Å². The molecule has 2 unspecified atom stereocenters. The van der Waals surface area contributed by atoms with Crippen LogP contribution in [0.4, 0.5) is 13.2 Å². The van der Waals surface area contributed by atoms with Crippen molar-refractivity contribution in [3.8, 4) is 0 Å². The van der Waals surface area contributed by atoms with E-state index < -0.39 is 36.4 Å². The van der Waals surface area contributed by atoms with E-state index in [2.05, 4.69) is 14.2 Å². The second-order valence-electron chi connectivity index (χ2n) is 3.41. The van der Waals surface area contributed by atoms with Crippen LogP contribution in [0, 0.1) is 0 Å². The normalized spacial score (nSPS) is 28.2. The molecule has 1 fully saturated rings. The molecule has 8 heteroatoms. The maximum Gasteiger partial charge on any atom is 0.428 e. The first kappa shape index (κ1) is 13.8. The number of hydrogen-bond acceptors (Lipinski definition) is 5. The van der Waals surface area contributed by atoms with Crippen molar-refractivity contribution in [1.29, 1.82) is 0 Å². The molecule has 1 aliphatic heterocycles. The molecule has 0 aliphatic carbocycles. The Bertz CT molecular complexity index is 319. The number of hydrogen-bond donors (Lipinski definition) is 0. The number of alkyl halides is 3. The Hall–Kier alpha value is -1.31. The lowest BCUT2D eigenvalue weighted by atomic mass is 9.92. The molecular weight excluding hydrogens is 245 g/mol. The highest BCUT2D eigenvalue weighted by Crippen LogP contribution is 2.46. The fraction of sp³-hybridized carbons (Fsp3) is 0.778. The number of carbonyl (C=O) groups is 2. The van der Waals surface area contributed by atoms with Crippen LogP contribution in [0.25, 0.3) is 0 Å². The van der Waals surface area contributed by atoms with E-state index in [-0.39, 0.29) is 6.61 Å². The molecule has 0 aromatic rings. The van der Waals surface area contributed by atoms with E-state index in [0.717, 1.165) is 6.92 Å². The van der Waals surface area contributed by atoms with Gasteiger partial charge in [-0.15, -0.1) is 0 Å². The molecule has 1 rings (SSSR count). The molecule has 0 spiro atoms. The van der Waals surface area contributed by atoms with E-state index >= 15 is 0 Å². The summed E-state index contributed by atoms with van der Waals surface area (Å²) in [4.78, 5) is 21.7. The Morgan fingerprint density at radius 3 is 2.35 bits per heavy atom. The summed E-state index contributed by atoms with van der Waals surface area (Å²) >= 11 is 0. The minimum absolute atomic E-state index is 0.196. The summed E-state index contributed by atoms with van der Waals surface area (Å²) in [6, 6.07) is 0. The van der Waals surface area contributed by atoms with Gasteiger partial charge in [0.05, 0.1) is 13.0 Å². The molecule has 1 heterocycles. The average molecular weight is 256 g/mol. The third-order valence-electron chi connectivity index (χ3n) is 2.15. The number of ether oxygens (including phenoxy) is 3. The number of esters is 2. The zero-order valence-corrected chi connectivity index (χ0v) is 9.17. The molecule has 0 radical (unpaired) electrons. The summed E-state index contributed by atoms with van der Waals surface area (Å²) in [6.45, 7) is 2.21. The van der Waals surface area contributed by atoms with E-state index in [1.54, 1.807) is 0 Å². The van der Waals surface area contributed by atoms with Crippen LogP contribution in [0.5, 0.6) is 0 Å². The van der Waals surface area contributed by atoms with E-state index in [4.69, 9.17) is 0 Å². The molecule has 17 heavy (non-hydrogen) atoms. The molecule has 0 N–H and O–H groups in total. The molecule has 5 nitrogen and oxygen atoms in total. The Balaban J connectivity index is 2.74. The molecule has 0 aromatic carbocycles. The van der Waals surface area contributed by atoms with Crippen LogP contribution in [-0.4, -0.2) is 36.6 Å². The van der Waals surface area contributed by atoms with E-state index in [0.29, 0.717) is 0 Å². The summed E-state index contributed by atoms with van der Waals surface area (Å²) < 4.78 is 51.1. The van der Waals surface area contributed by atoms with Gasteiger partial charge < -0.3 is 14.2 Å². The molecule has 0 bridgehead atoms. The maximum atomic E-state index is 12.7. The van der Waals surface area contributed by atoms with E-state index in [1.807, 2.05) is 0 Å². The number of halogens is 3. The summed E-state index contributed by atoms with van der Waals surface area (Å²) in [5.74, 6) is -2.30. The Morgan fingerprint density at radius 2 is 2.00 bits per heavy atom. The molecule has 0 aromatic heterocycles. The highest BCUT2D eigenvalue weighted by atomic mass is 19.4. The first-order valence-electron chi connectivity index (χ1n) is 4.82. The first-order valence-corrected chi connectivity index (χ1v) is 4.82. The van der Waals surface area contributed by atoms with Gasteiger partial charge in [-0.1, -0.05) is 0 Å². The van der Waals surface area contributed by atoms with Crippen LogP contribution >= 0.6 is 0 Å². The van der Waals surface area contributed by atoms with Crippen molar-refractivity contribution in [2.24, 2.45) is 0 Å². The minimum Gasteiger partial charge on any atom is -0.464 e. The molecule has 98 valence electrons. The van der Waals surface area contributed by atoms with Crippen LogP contribution in [0.3, 0.4) is 0 Å². The van der Waals surface area contributed by atoms with Gasteiger partial charge in [-0.3, -0.25) is 4.79 Å². The van der Waals surface area contributed by atoms with Crippen molar-refractivity contribution in [2.45, 2.75) is 38.3 Å². The van der Waals surface area contributed by atoms with Gasteiger partial charge in [-0.2, -0.15) is 13.2 Å². The molecule has 2 atom stereocenters. The molecule has 1 saturated heterocycles. The lowest BCUT2D eigenvalue weighted by Gasteiger charge is -2.44. The number of rotatable bonds is 3. The summed E-state index contributed by atoms with van der Waals surface area (Å²) in [5, 5.41) is 0. The largest absolute Gasteiger partial charge is 0.464 e. The van der Waals surface area contributed by atoms with Crippen LogP contribution in [0.1, 0.15) is 20.3 Å². The van der Waals surface area contributed by atoms with Gasteiger partial charge in [-0.05, 0) is 6.92 Å². The second kappa shape index (κ2) is 4.52. The van der Waals surface area contributed by atoms with Crippen molar-refractivity contribution in [3.63, 3.8) is 0 Å². The van der Waals surface area contributed by atoms with Crippen molar-refractivity contribution in [2.75, 3.05) is 6.61 Å². The quantitative estimate of drug-likeness (QED) is 0.709. The Labute approximate surface area is 94.8 Å². The molecule has 0 amide bonds. The maximum absolute atomic E-state index is 12.7. The smallest absolute Gasteiger partial charge is 0.428 e. The second-order valence-corrected chi connectivity index (χ2v) is 3.41. The Kier molecular flexibility index (Phi) is 3.65. The topological polar surface area (TPSA) is 61.8 Å². The predicted molar refractivity (Wildman–Crippen MR) is 46.7 cm³/mol. The van der Waals surface area contributed by atoms with Crippen molar-refractivity contribution in [1.82, 2.24) is 0 Å². The zero-order valence-electron chi connectivity index (χ0n) is 9.17.